The van der Waals surface area contributed by atoms with Crippen molar-refractivity contribution in [1.29, 1.82) is 0 Å². The number of carbonyl (C=O) groups is 1. The number of furan rings is 1. The number of hydrogen-bond acceptors (Lipinski definition) is 7. The van der Waals surface area contributed by atoms with E-state index in [1.807, 2.05) is 0 Å². The smallest absolute Gasteiger partial charge is 0.437 e. The third-order valence-electron chi connectivity index (χ3n) is 3.34. The SMILES string of the molecule is CC(=O)Nc1ccc(OCC(O)Cn2nc(-c3ccco3)oc2=O)cc1. The number of hydrogen-bond donors (Lipinski definition) is 2. The fourth-order valence-electron chi connectivity index (χ4n) is 2.20. The van der Waals surface area contributed by atoms with E-state index in [0.717, 1.165) is 4.68 Å². The second-order valence-electron chi connectivity index (χ2n) is 5.50. The Morgan fingerprint density at radius 3 is 2.77 bits per heavy atom. The summed E-state index contributed by atoms with van der Waals surface area (Å²) < 4.78 is 16.6. The van der Waals surface area contributed by atoms with E-state index in [9.17, 15) is 14.7 Å². The van der Waals surface area contributed by atoms with Crippen LogP contribution in [-0.4, -0.2) is 33.5 Å². The summed E-state index contributed by atoms with van der Waals surface area (Å²) in [6.45, 7) is 1.28. The average molecular weight is 359 g/mol. The van der Waals surface area contributed by atoms with Gasteiger partial charge in [-0.2, -0.15) is 4.68 Å². The van der Waals surface area contributed by atoms with E-state index >= 15 is 0 Å². The number of amides is 1. The zero-order valence-electron chi connectivity index (χ0n) is 13.9. The predicted octanol–water partition coefficient (Wildman–Crippen LogP) is 1.49. The van der Waals surface area contributed by atoms with Gasteiger partial charge in [0.05, 0.1) is 12.8 Å². The Morgan fingerprint density at radius 2 is 2.12 bits per heavy atom. The molecule has 3 aromatic rings. The molecule has 0 radical (unpaired) electrons. The van der Waals surface area contributed by atoms with Gasteiger partial charge in [-0.3, -0.25) is 4.79 Å². The van der Waals surface area contributed by atoms with Crippen molar-refractivity contribution in [3.63, 3.8) is 0 Å². The summed E-state index contributed by atoms with van der Waals surface area (Å²) in [5, 5.41) is 16.7. The highest BCUT2D eigenvalue weighted by atomic mass is 16.5. The number of aromatic nitrogens is 2. The number of benzene rings is 1. The molecule has 0 aliphatic rings. The third-order valence-corrected chi connectivity index (χ3v) is 3.34. The number of aliphatic hydroxyl groups excluding tert-OH is 1. The first kappa shape index (κ1) is 17.5. The Hall–Kier alpha value is -3.33. The molecule has 1 aromatic carbocycles. The number of nitrogens with zero attached hydrogens (tertiary/aromatic N) is 2. The summed E-state index contributed by atoms with van der Waals surface area (Å²) in [5.41, 5.74) is 0.644. The van der Waals surface area contributed by atoms with Crippen molar-refractivity contribution in [1.82, 2.24) is 9.78 Å². The fourth-order valence-corrected chi connectivity index (χ4v) is 2.20. The topological polar surface area (TPSA) is 120 Å². The first-order valence-electron chi connectivity index (χ1n) is 7.81. The molecule has 1 unspecified atom stereocenters. The number of ether oxygens (including phenoxy) is 1. The largest absolute Gasteiger partial charge is 0.491 e. The lowest BCUT2D eigenvalue weighted by Gasteiger charge is -2.12. The van der Waals surface area contributed by atoms with Crippen LogP contribution >= 0.6 is 0 Å². The maximum absolute atomic E-state index is 11.8. The van der Waals surface area contributed by atoms with Crippen LogP contribution in [0, 0.1) is 0 Å². The Morgan fingerprint density at radius 1 is 1.35 bits per heavy atom. The maximum Gasteiger partial charge on any atom is 0.437 e. The summed E-state index contributed by atoms with van der Waals surface area (Å²) in [4.78, 5) is 22.7. The standard InChI is InChI=1S/C17H17N3O6/c1-11(21)18-12-4-6-14(7-5-12)25-10-13(22)9-20-17(23)26-16(19-20)15-3-2-8-24-15/h2-8,13,22H,9-10H2,1H3,(H,18,21). The van der Waals surface area contributed by atoms with Crippen LogP contribution in [0.5, 0.6) is 5.75 Å². The Balaban J connectivity index is 1.55. The molecule has 0 spiro atoms. The van der Waals surface area contributed by atoms with Gasteiger partial charge in [0.2, 0.25) is 5.91 Å². The van der Waals surface area contributed by atoms with Crippen molar-refractivity contribution < 1.29 is 23.5 Å². The van der Waals surface area contributed by atoms with Crippen LogP contribution < -0.4 is 15.8 Å². The predicted molar refractivity (Wildman–Crippen MR) is 90.7 cm³/mol. The molecule has 0 fully saturated rings. The van der Waals surface area contributed by atoms with E-state index in [1.165, 1.54) is 13.2 Å². The molecule has 0 bridgehead atoms. The van der Waals surface area contributed by atoms with Crippen LogP contribution in [0.1, 0.15) is 6.92 Å². The van der Waals surface area contributed by atoms with Crippen LogP contribution in [0.2, 0.25) is 0 Å². The number of aliphatic hydroxyl groups is 1. The van der Waals surface area contributed by atoms with Gasteiger partial charge in [0.25, 0.3) is 5.89 Å². The number of carbonyl (C=O) groups excluding carboxylic acids is 1. The summed E-state index contributed by atoms with van der Waals surface area (Å²) in [7, 11) is 0. The van der Waals surface area contributed by atoms with Crippen LogP contribution in [-0.2, 0) is 11.3 Å². The van der Waals surface area contributed by atoms with E-state index in [0.29, 0.717) is 17.2 Å². The Bertz CT molecular complexity index is 911. The summed E-state index contributed by atoms with van der Waals surface area (Å²) in [6.07, 6.45) is 0.464. The molecule has 0 saturated heterocycles. The van der Waals surface area contributed by atoms with Gasteiger partial charge in [-0.1, -0.05) is 0 Å². The maximum atomic E-state index is 11.8. The fraction of sp³-hybridized carbons (Fsp3) is 0.235. The minimum atomic E-state index is -0.975. The molecule has 2 heterocycles. The summed E-state index contributed by atoms with van der Waals surface area (Å²) in [5.74, 6) is 0.0191. The minimum Gasteiger partial charge on any atom is -0.491 e. The lowest BCUT2D eigenvalue weighted by atomic mass is 10.3. The van der Waals surface area contributed by atoms with Gasteiger partial charge in [-0.15, -0.1) is 5.10 Å². The minimum absolute atomic E-state index is 0.0432. The quantitative estimate of drug-likeness (QED) is 0.656. The molecule has 9 heteroatoms. The van der Waals surface area contributed by atoms with Gasteiger partial charge >= 0.3 is 5.76 Å². The van der Waals surface area contributed by atoms with Gasteiger partial charge in [-0.05, 0) is 36.4 Å². The van der Waals surface area contributed by atoms with Gasteiger partial charge in [-0.25, -0.2) is 4.79 Å². The molecule has 2 aromatic heterocycles. The van der Waals surface area contributed by atoms with Crippen molar-refractivity contribution >= 4 is 11.6 Å². The number of rotatable bonds is 7. The Kier molecular flexibility index (Phi) is 5.18. The van der Waals surface area contributed by atoms with Gasteiger partial charge in [0.1, 0.15) is 18.5 Å². The van der Waals surface area contributed by atoms with E-state index in [2.05, 4.69) is 10.4 Å². The zero-order chi connectivity index (χ0) is 18.5. The molecule has 1 atom stereocenters. The molecule has 136 valence electrons. The van der Waals surface area contributed by atoms with Crippen LogP contribution in [0.4, 0.5) is 5.69 Å². The zero-order valence-corrected chi connectivity index (χ0v) is 13.9. The lowest BCUT2D eigenvalue weighted by molar-refractivity contribution is -0.114. The third kappa shape index (κ3) is 4.39. The molecular formula is C17H17N3O6. The normalized spacial score (nSPS) is 11.9. The monoisotopic (exact) mass is 359 g/mol. The summed E-state index contributed by atoms with van der Waals surface area (Å²) >= 11 is 0. The molecule has 0 saturated carbocycles. The molecular weight excluding hydrogens is 342 g/mol. The molecule has 3 rings (SSSR count). The van der Waals surface area contributed by atoms with E-state index in [4.69, 9.17) is 13.6 Å². The highest BCUT2D eigenvalue weighted by molar-refractivity contribution is 5.88. The van der Waals surface area contributed by atoms with Gasteiger partial charge in [0, 0.05) is 12.6 Å². The van der Waals surface area contributed by atoms with E-state index in [1.54, 1.807) is 36.4 Å². The summed E-state index contributed by atoms with van der Waals surface area (Å²) in [6, 6.07) is 9.94. The molecule has 0 aliphatic heterocycles. The first-order valence-corrected chi connectivity index (χ1v) is 7.81. The number of anilines is 1. The molecule has 9 nitrogen and oxygen atoms in total. The Labute approximate surface area is 147 Å². The number of nitrogens with one attached hydrogen (secondary N) is 1. The van der Waals surface area contributed by atoms with Crippen molar-refractivity contribution in [2.24, 2.45) is 0 Å². The van der Waals surface area contributed by atoms with Crippen molar-refractivity contribution in [2.45, 2.75) is 19.6 Å². The van der Waals surface area contributed by atoms with E-state index in [-0.39, 0.29) is 24.9 Å². The molecule has 2 N–H and O–H groups in total. The van der Waals surface area contributed by atoms with Crippen LogP contribution in [0.15, 0.2) is 56.3 Å². The second kappa shape index (κ2) is 7.70. The first-order chi connectivity index (χ1) is 12.5. The van der Waals surface area contributed by atoms with Crippen molar-refractivity contribution in [3.8, 4) is 17.4 Å². The lowest BCUT2D eigenvalue weighted by Crippen LogP contribution is -2.29. The van der Waals surface area contributed by atoms with Crippen molar-refractivity contribution in [2.75, 3.05) is 11.9 Å². The van der Waals surface area contributed by atoms with Crippen LogP contribution in [0.3, 0.4) is 0 Å². The molecule has 26 heavy (non-hydrogen) atoms. The highest BCUT2D eigenvalue weighted by Crippen LogP contribution is 2.17. The highest BCUT2D eigenvalue weighted by Gasteiger charge is 2.15. The van der Waals surface area contributed by atoms with Crippen LogP contribution in [0.25, 0.3) is 11.7 Å². The molecule has 1 amide bonds. The molecule has 0 aliphatic carbocycles. The van der Waals surface area contributed by atoms with Gasteiger partial charge < -0.3 is 24.0 Å². The van der Waals surface area contributed by atoms with Crippen molar-refractivity contribution in [3.05, 3.63) is 53.2 Å². The second-order valence-corrected chi connectivity index (χ2v) is 5.50. The van der Waals surface area contributed by atoms with Gasteiger partial charge in [0.15, 0.2) is 5.76 Å². The van der Waals surface area contributed by atoms with E-state index < -0.39 is 11.9 Å². The average Bonchev–Trinajstić information content (AvgIpc) is 3.24.